The molecule has 0 aromatic heterocycles. The fourth-order valence-corrected chi connectivity index (χ4v) is 4.91. The summed E-state index contributed by atoms with van der Waals surface area (Å²) in [5.74, 6) is -5.69. The molecule has 1 saturated carbocycles. The number of aliphatic imine (C=N–C) groups is 1. The van der Waals surface area contributed by atoms with Gasteiger partial charge in [0.25, 0.3) is 5.91 Å². The number of hydrogen-bond acceptors (Lipinski definition) is 5. The van der Waals surface area contributed by atoms with Crippen LogP contribution in [-0.2, 0) is 19.1 Å². The van der Waals surface area contributed by atoms with Crippen LogP contribution in [0.5, 0.6) is 0 Å². The molecule has 2 aromatic rings. The second kappa shape index (κ2) is 13.0. The van der Waals surface area contributed by atoms with Crippen molar-refractivity contribution in [3.05, 3.63) is 65.0 Å². The minimum Gasteiger partial charge on any atom is -0.465 e. The Morgan fingerprint density at radius 3 is 2.40 bits per heavy atom. The van der Waals surface area contributed by atoms with Crippen molar-refractivity contribution in [3.63, 3.8) is 0 Å². The van der Waals surface area contributed by atoms with Crippen LogP contribution in [0.1, 0.15) is 62.6 Å². The number of carbonyl (C=O) groups excluding carboxylic acids is 3. The minimum atomic E-state index is -4.57. The van der Waals surface area contributed by atoms with Crippen molar-refractivity contribution in [1.82, 2.24) is 5.32 Å². The van der Waals surface area contributed by atoms with E-state index in [1.54, 1.807) is 18.2 Å². The number of aryl methyl sites for hydroxylation is 1. The van der Waals surface area contributed by atoms with Crippen molar-refractivity contribution in [3.8, 4) is 0 Å². The number of carbonyl (C=O) groups is 3. The SMILES string of the molecule is Cc1ccc(C2=NC(NC(=O)C(CCC(F)(F)F)C(CC3CC3)C(=O)OCC(C)C)C(=O)Nc3c(F)cccc32)cc1. The molecule has 2 amide bonds. The highest BCUT2D eigenvalue weighted by molar-refractivity contribution is 6.20. The average molecular weight is 590 g/mol. The van der Waals surface area contributed by atoms with Gasteiger partial charge in [-0.15, -0.1) is 0 Å². The summed E-state index contributed by atoms with van der Waals surface area (Å²) in [4.78, 5) is 44.5. The second-order valence-corrected chi connectivity index (χ2v) is 11.5. The fourth-order valence-electron chi connectivity index (χ4n) is 4.91. The van der Waals surface area contributed by atoms with Gasteiger partial charge >= 0.3 is 12.1 Å². The summed E-state index contributed by atoms with van der Waals surface area (Å²) in [7, 11) is 0. The number of anilines is 1. The number of benzodiazepines with no additional fused rings is 1. The Morgan fingerprint density at radius 1 is 1.10 bits per heavy atom. The van der Waals surface area contributed by atoms with Crippen molar-refractivity contribution < 1.29 is 36.7 Å². The Hall–Kier alpha value is -3.76. The largest absolute Gasteiger partial charge is 0.465 e. The molecule has 1 aliphatic heterocycles. The number of para-hydroxylation sites is 1. The molecule has 42 heavy (non-hydrogen) atoms. The monoisotopic (exact) mass is 589 g/mol. The molecule has 11 heteroatoms. The molecule has 3 atom stereocenters. The molecule has 1 heterocycles. The first-order valence-electron chi connectivity index (χ1n) is 14.1. The summed E-state index contributed by atoms with van der Waals surface area (Å²) < 4.78 is 60.2. The summed E-state index contributed by atoms with van der Waals surface area (Å²) in [5, 5.41) is 4.93. The van der Waals surface area contributed by atoms with E-state index < -0.39 is 60.6 Å². The van der Waals surface area contributed by atoms with Gasteiger partial charge in [-0.2, -0.15) is 13.2 Å². The first-order chi connectivity index (χ1) is 19.8. The lowest BCUT2D eigenvalue weighted by Crippen LogP contribution is -2.47. The molecule has 1 fully saturated rings. The van der Waals surface area contributed by atoms with E-state index in [0.717, 1.165) is 18.4 Å². The summed E-state index contributed by atoms with van der Waals surface area (Å²) >= 11 is 0. The molecule has 0 bridgehead atoms. The third kappa shape index (κ3) is 8.17. The molecule has 0 radical (unpaired) electrons. The van der Waals surface area contributed by atoms with Crippen LogP contribution in [0.3, 0.4) is 0 Å². The zero-order valence-corrected chi connectivity index (χ0v) is 23.8. The number of ether oxygens (including phenoxy) is 1. The van der Waals surface area contributed by atoms with Gasteiger partial charge in [-0.1, -0.05) is 68.7 Å². The summed E-state index contributed by atoms with van der Waals surface area (Å²) in [6.45, 7) is 5.59. The molecule has 0 spiro atoms. The molecule has 226 valence electrons. The predicted octanol–water partition coefficient (Wildman–Crippen LogP) is 5.94. The molecule has 7 nitrogen and oxygen atoms in total. The van der Waals surface area contributed by atoms with Gasteiger partial charge in [-0.05, 0) is 37.7 Å². The van der Waals surface area contributed by atoms with E-state index in [1.807, 2.05) is 32.9 Å². The molecular formula is C31H35F4N3O4. The van der Waals surface area contributed by atoms with Gasteiger partial charge in [0.05, 0.1) is 29.8 Å². The third-order valence-electron chi connectivity index (χ3n) is 7.33. The number of benzene rings is 2. The first kappa shape index (κ1) is 31.2. The van der Waals surface area contributed by atoms with Crippen molar-refractivity contribution in [2.75, 3.05) is 11.9 Å². The number of amides is 2. The van der Waals surface area contributed by atoms with Crippen molar-refractivity contribution in [2.24, 2.45) is 28.7 Å². The summed E-state index contributed by atoms with van der Waals surface area (Å²) in [5.41, 5.74) is 1.86. The molecule has 2 aromatic carbocycles. The molecule has 2 N–H and O–H groups in total. The highest BCUT2D eigenvalue weighted by Crippen LogP contribution is 2.40. The van der Waals surface area contributed by atoms with E-state index in [0.29, 0.717) is 5.56 Å². The maximum atomic E-state index is 14.8. The number of esters is 1. The predicted molar refractivity (Wildman–Crippen MR) is 149 cm³/mol. The normalized spacial score (nSPS) is 18.3. The van der Waals surface area contributed by atoms with E-state index in [9.17, 15) is 31.9 Å². The van der Waals surface area contributed by atoms with Crippen LogP contribution in [-0.4, -0.2) is 42.4 Å². The maximum absolute atomic E-state index is 14.8. The van der Waals surface area contributed by atoms with Crippen LogP contribution < -0.4 is 10.6 Å². The van der Waals surface area contributed by atoms with E-state index in [1.165, 1.54) is 12.1 Å². The number of rotatable bonds is 11. The Bertz CT molecular complexity index is 1340. The van der Waals surface area contributed by atoms with Crippen LogP contribution in [0.4, 0.5) is 23.2 Å². The lowest BCUT2D eigenvalue weighted by molar-refractivity contribution is -0.159. The molecule has 2 aliphatic rings. The van der Waals surface area contributed by atoms with Crippen LogP contribution in [0.15, 0.2) is 47.5 Å². The average Bonchev–Trinajstić information content (AvgIpc) is 3.75. The smallest absolute Gasteiger partial charge is 0.389 e. The van der Waals surface area contributed by atoms with Gasteiger partial charge in [0.15, 0.2) is 0 Å². The maximum Gasteiger partial charge on any atom is 0.389 e. The quantitative estimate of drug-likeness (QED) is 0.251. The first-order valence-corrected chi connectivity index (χ1v) is 14.1. The fraction of sp³-hybridized carbons (Fsp3) is 0.484. The van der Waals surface area contributed by atoms with Gasteiger partial charge < -0.3 is 15.4 Å². The molecular weight excluding hydrogens is 554 g/mol. The number of halogens is 4. The van der Waals surface area contributed by atoms with Gasteiger partial charge in [0.1, 0.15) is 5.82 Å². The highest BCUT2D eigenvalue weighted by Gasteiger charge is 2.42. The zero-order valence-electron chi connectivity index (χ0n) is 23.8. The number of nitrogens with one attached hydrogen (secondary N) is 2. The van der Waals surface area contributed by atoms with E-state index >= 15 is 0 Å². The zero-order chi connectivity index (χ0) is 30.6. The van der Waals surface area contributed by atoms with Crippen LogP contribution in [0, 0.1) is 36.4 Å². The lowest BCUT2D eigenvalue weighted by Gasteiger charge is -2.27. The van der Waals surface area contributed by atoms with Gasteiger partial charge in [-0.3, -0.25) is 14.4 Å². The number of hydrogen-bond donors (Lipinski definition) is 2. The van der Waals surface area contributed by atoms with Crippen molar-refractivity contribution >= 4 is 29.2 Å². The van der Waals surface area contributed by atoms with Crippen LogP contribution in [0.2, 0.25) is 0 Å². The van der Waals surface area contributed by atoms with Gasteiger partial charge in [-0.25, -0.2) is 9.38 Å². The Labute approximate surface area is 242 Å². The summed E-state index contributed by atoms with van der Waals surface area (Å²) in [6, 6.07) is 11.3. The lowest BCUT2D eigenvalue weighted by atomic mass is 9.83. The Kier molecular flexibility index (Phi) is 9.68. The third-order valence-corrected chi connectivity index (χ3v) is 7.33. The standard InChI is InChI=1S/C31H35F4N3O4/c1-17(2)16-42-30(41)23(15-19-9-10-19)21(13-14-31(33,34)35)28(39)38-27-29(40)37-26-22(5-4-6-24(26)32)25(36-27)20-11-7-18(3)8-12-20/h4-8,11-12,17,19,21,23,27H,9-10,13-16H2,1-3H3,(H,37,40)(H,38,39). The molecule has 4 rings (SSSR count). The van der Waals surface area contributed by atoms with Crippen molar-refractivity contribution in [1.29, 1.82) is 0 Å². The van der Waals surface area contributed by atoms with Crippen molar-refractivity contribution in [2.45, 2.75) is 65.2 Å². The van der Waals surface area contributed by atoms with Gasteiger partial charge in [0, 0.05) is 17.5 Å². The van der Waals surface area contributed by atoms with E-state index in [2.05, 4.69) is 15.6 Å². The highest BCUT2D eigenvalue weighted by atomic mass is 19.4. The summed E-state index contributed by atoms with van der Waals surface area (Å²) in [6.07, 6.45) is -6.31. The Balaban J connectivity index is 1.68. The van der Waals surface area contributed by atoms with E-state index in [-0.39, 0.29) is 41.8 Å². The molecule has 0 saturated heterocycles. The van der Waals surface area contributed by atoms with Gasteiger partial charge in [0.2, 0.25) is 12.1 Å². The topological polar surface area (TPSA) is 96.9 Å². The number of nitrogens with zero attached hydrogens (tertiary/aromatic N) is 1. The molecule has 1 aliphatic carbocycles. The van der Waals surface area contributed by atoms with Crippen LogP contribution >= 0.6 is 0 Å². The number of fused-ring (bicyclic) bond motifs is 1. The molecule has 3 unspecified atom stereocenters. The van der Waals surface area contributed by atoms with E-state index in [4.69, 9.17) is 4.74 Å². The second-order valence-electron chi connectivity index (χ2n) is 11.5. The minimum absolute atomic E-state index is 0.00998. The van der Waals surface area contributed by atoms with Crippen LogP contribution in [0.25, 0.3) is 0 Å². The Morgan fingerprint density at radius 2 is 1.79 bits per heavy atom. The number of alkyl halides is 3.